The lowest BCUT2D eigenvalue weighted by Gasteiger charge is -2.14. The molecule has 0 aliphatic rings. The van der Waals surface area contributed by atoms with Crippen molar-refractivity contribution in [2.45, 2.75) is 18.8 Å². The van der Waals surface area contributed by atoms with Gasteiger partial charge in [-0.05, 0) is 17.9 Å². The third-order valence-electron chi connectivity index (χ3n) is 2.49. The van der Waals surface area contributed by atoms with Crippen molar-refractivity contribution in [3.05, 3.63) is 22.4 Å². The highest BCUT2D eigenvalue weighted by Gasteiger charge is 2.26. The molecule has 5 nitrogen and oxygen atoms in total. The molecule has 1 aromatic heterocycles. The van der Waals surface area contributed by atoms with E-state index in [2.05, 4.69) is 10.6 Å². The van der Waals surface area contributed by atoms with E-state index in [1.807, 2.05) is 0 Å². The Kier molecular flexibility index (Phi) is 6.53. The Morgan fingerprint density at radius 2 is 2.10 bits per heavy atom. The minimum Gasteiger partial charge on any atom is -0.352 e. The molecule has 0 bridgehead atoms. The van der Waals surface area contributed by atoms with Gasteiger partial charge in [0.15, 0.2) is 0 Å². The van der Waals surface area contributed by atoms with Crippen LogP contribution < -0.4 is 16.4 Å². The second-order valence-corrected chi connectivity index (χ2v) is 4.99. The molecule has 1 aromatic rings. The quantitative estimate of drug-likeness (QED) is 0.626. The van der Waals surface area contributed by atoms with Crippen molar-refractivity contribution >= 4 is 23.2 Å². The van der Waals surface area contributed by atoms with Crippen LogP contribution in [0.3, 0.4) is 0 Å². The van der Waals surface area contributed by atoms with Crippen LogP contribution in [0.1, 0.15) is 23.2 Å². The van der Waals surface area contributed by atoms with E-state index in [-0.39, 0.29) is 12.3 Å². The third-order valence-corrected chi connectivity index (χ3v) is 3.18. The number of hydrogen-bond acceptors (Lipinski definition) is 4. The SMILES string of the molecule is NCC(F)(F)CNC(=O)CCCNC(=O)c1ccsc1. The van der Waals surface area contributed by atoms with Crippen molar-refractivity contribution in [3.63, 3.8) is 0 Å². The fraction of sp³-hybridized carbons (Fsp3) is 0.500. The first-order valence-corrected chi connectivity index (χ1v) is 7.04. The maximum Gasteiger partial charge on any atom is 0.277 e. The molecule has 112 valence electrons. The van der Waals surface area contributed by atoms with Crippen LogP contribution in [0.25, 0.3) is 0 Å². The van der Waals surface area contributed by atoms with E-state index in [1.54, 1.807) is 16.8 Å². The number of nitrogens with one attached hydrogen (secondary N) is 2. The summed E-state index contributed by atoms with van der Waals surface area (Å²) in [5.74, 6) is -3.77. The van der Waals surface area contributed by atoms with Gasteiger partial charge >= 0.3 is 0 Å². The summed E-state index contributed by atoms with van der Waals surface area (Å²) in [6.07, 6.45) is 0.459. The van der Waals surface area contributed by atoms with Gasteiger partial charge in [-0.25, -0.2) is 8.78 Å². The monoisotopic (exact) mass is 305 g/mol. The fourth-order valence-corrected chi connectivity index (χ4v) is 1.97. The van der Waals surface area contributed by atoms with Crippen molar-refractivity contribution in [2.75, 3.05) is 19.6 Å². The van der Waals surface area contributed by atoms with Crippen molar-refractivity contribution in [3.8, 4) is 0 Å². The number of rotatable bonds is 8. The van der Waals surface area contributed by atoms with Crippen LogP contribution in [-0.2, 0) is 4.79 Å². The molecule has 0 atom stereocenters. The number of thiophene rings is 1. The van der Waals surface area contributed by atoms with Crippen molar-refractivity contribution in [1.82, 2.24) is 10.6 Å². The fourth-order valence-electron chi connectivity index (χ4n) is 1.34. The molecule has 0 saturated heterocycles. The summed E-state index contributed by atoms with van der Waals surface area (Å²) in [5.41, 5.74) is 5.42. The molecular weight excluding hydrogens is 288 g/mol. The van der Waals surface area contributed by atoms with E-state index in [0.717, 1.165) is 0 Å². The smallest absolute Gasteiger partial charge is 0.277 e. The van der Waals surface area contributed by atoms with E-state index >= 15 is 0 Å². The molecule has 0 aliphatic heterocycles. The lowest BCUT2D eigenvalue weighted by Crippen LogP contribution is -2.41. The largest absolute Gasteiger partial charge is 0.352 e. The van der Waals surface area contributed by atoms with E-state index < -0.39 is 24.9 Å². The van der Waals surface area contributed by atoms with Gasteiger partial charge in [-0.1, -0.05) is 0 Å². The van der Waals surface area contributed by atoms with Crippen LogP contribution in [-0.4, -0.2) is 37.4 Å². The van der Waals surface area contributed by atoms with Crippen molar-refractivity contribution < 1.29 is 18.4 Å². The summed E-state index contributed by atoms with van der Waals surface area (Å²) in [5, 5.41) is 8.26. The van der Waals surface area contributed by atoms with Crippen LogP contribution in [0.4, 0.5) is 8.78 Å². The average Bonchev–Trinajstić information content (AvgIpc) is 2.95. The predicted molar refractivity (Wildman–Crippen MR) is 72.9 cm³/mol. The van der Waals surface area contributed by atoms with Gasteiger partial charge < -0.3 is 16.4 Å². The Labute approximate surface area is 119 Å². The van der Waals surface area contributed by atoms with E-state index in [0.29, 0.717) is 18.5 Å². The van der Waals surface area contributed by atoms with Crippen LogP contribution in [0.2, 0.25) is 0 Å². The van der Waals surface area contributed by atoms with Crippen LogP contribution in [0.5, 0.6) is 0 Å². The first-order valence-electron chi connectivity index (χ1n) is 6.09. The summed E-state index contributed by atoms with van der Waals surface area (Å²) in [6, 6.07) is 1.70. The number of carbonyl (C=O) groups is 2. The molecule has 0 saturated carbocycles. The molecular formula is C12H17F2N3O2S. The standard InChI is InChI=1S/C12H17F2N3O2S/c13-12(14,7-15)8-17-10(18)2-1-4-16-11(19)9-3-5-20-6-9/h3,5-6H,1-2,4,7-8,15H2,(H,16,19)(H,17,18). The van der Waals surface area contributed by atoms with Gasteiger partial charge in [-0.15, -0.1) is 0 Å². The van der Waals surface area contributed by atoms with Crippen LogP contribution in [0, 0.1) is 0 Å². The number of amides is 2. The molecule has 0 fully saturated rings. The minimum absolute atomic E-state index is 0.0740. The molecule has 0 spiro atoms. The van der Waals surface area contributed by atoms with Gasteiger partial charge in [0, 0.05) is 23.9 Å². The Morgan fingerprint density at radius 1 is 1.35 bits per heavy atom. The summed E-state index contributed by atoms with van der Waals surface area (Å²) >= 11 is 1.42. The molecule has 20 heavy (non-hydrogen) atoms. The van der Waals surface area contributed by atoms with E-state index in [9.17, 15) is 18.4 Å². The Hall–Kier alpha value is -1.54. The lowest BCUT2D eigenvalue weighted by atomic mass is 10.2. The molecule has 0 unspecified atom stereocenters. The lowest BCUT2D eigenvalue weighted by molar-refractivity contribution is -0.122. The highest BCUT2D eigenvalue weighted by molar-refractivity contribution is 7.08. The van der Waals surface area contributed by atoms with Crippen molar-refractivity contribution in [2.24, 2.45) is 5.73 Å². The Morgan fingerprint density at radius 3 is 2.70 bits per heavy atom. The molecule has 4 N–H and O–H groups in total. The van der Waals surface area contributed by atoms with Crippen molar-refractivity contribution in [1.29, 1.82) is 0 Å². The first-order chi connectivity index (χ1) is 9.44. The number of alkyl halides is 2. The van der Waals surface area contributed by atoms with Gasteiger partial charge in [0.1, 0.15) is 0 Å². The van der Waals surface area contributed by atoms with Gasteiger partial charge in [0.2, 0.25) is 5.91 Å². The number of halogens is 2. The maximum atomic E-state index is 12.8. The summed E-state index contributed by atoms with van der Waals surface area (Å²) in [7, 11) is 0. The molecule has 2 amide bonds. The van der Waals surface area contributed by atoms with Gasteiger partial charge in [0.25, 0.3) is 11.8 Å². The molecule has 8 heteroatoms. The molecule has 1 rings (SSSR count). The molecule has 0 aliphatic carbocycles. The molecule has 0 radical (unpaired) electrons. The van der Waals surface area contributed by atoms with Gasteiger partial charge in [-0.3, -0.25) is 9.59 Å². The first kappa shape index (κ1) is 16.5. The Bertz CT molecular complexity index is 438. The highest BCUT2D eigenvalue weighted by atomic mass is 32.1. The Balaban J connectivity index is 2.12. The normalized spacial score (nSPS) is 11.2. The maximum absolute atomic E-state index is 12.8. The van der Waals surface area contributed by atoms with E-state index in [4.69, 9.17) is 5.73 Å². The zero-order valence-electron chi connectivity index (χ0n) is 10.8. The third kappa shape index (κ3) is 6.07. The topological polar surface area (TPSA) is 84.2 Å². The second-order valence-electron chi connectivity index (χ2n) is 4.21. The summed E-state index contributed by atoms with van der Waals surface area (Å²) in [4.78, 5) is 22.8. The predicted octanol–water partition coefficient (Wildman–Crippen LogP) is 0.968. The molecule has 0 aromatic carbocycles. The second kappa shape index (κ2) is 7.91. The average molecular weight is 305 g/mol. The van der Waals surface area contributed by atoms with Crippen LogP contribution in [0.15, 0.2) is 16.8 Å². The number of hydrogen-bond donors (Lipinski definition) is 3. The van der Waals surface area contributed by atoms with E-state index in [1.165, 1.54) is 11.3 Å². The zero-order chi connectivity index (χ0) is 15.0. The zero-order valence-corrected chi connectivity index (χ0v) is 11.6. The number of carbonyl (C=O) groups excluding carboxylic acids is 2. The summed E-state index contributed by atoms with van der Waals surface area (Å²) < 4.78 is 25.5. The highest BCUT2D eigenvalue weighted by Crippen LogP contribution is 2.08. The minimum atomic E-state index is -3.08. The molecule has 1 heterocycles. The van der Waals surface area contributed by atoms with Gasteiger partial charge in [-0.2, -0.15) is 11.3 Å². The summed E-state index contributed by atoms with van der Waals surface area (Å²) in [6.45, 7) is -1.25. The van der Waals surface area contributed by atoms with Gasteiger partial charge in [0.05, 0.1) is 13.1 Å². The van der Waals surface area contributed by atoms with Crippen LogP contribution >= 0.6 is 11.3 Å². The number of nitrogens with two attached hydrogens (primary N) is 1.